The minimum absolute atomic E-state index is 0.337. The summed E-state index contributed by atoms with van der Waals surface area (Å²) in [5.41, 5.74) is 3.81. The van der Waals surface area contributed by atoms with Crippen molar-refractivity contribution in [1.82, 2.24) is 0 Å². The van der Waals surface area contributed by atoms with Crippen LogP contribution in [0.15, 0.2) is 42.5 Å². The normalized spacial score (nSPS) is 16.6. The summed E-state index contributed by atoms with van der Waals surface area (Å²) in [7, 11) is 0. The van der Waals surface area contributed by atoms with Crippen LogP contribution in [0, 0.1) is 0 Å². The van der Waals surface area contributed by atoms with E-state index in [0.29, 0.717) is 6.04 Å². The number of hydrogen-bond donors (Lipinski definition) is 1. The van der Waals surface area contributed by atoms with Crippen LogP contribution in [-0.4, -0.2) is 6.61 Å². The summed E-state index contributed by atoms with van der Waals surface area (Å²) in [6, 6.07) is 14.7. The summed E-state index contributed by atoms with van der Waals surface area (Å²) in [5, 5.41) is 4.34. The summed E-state index contributed by atoms with van der Waals surface area (Å²) in [6.45, 7) is 2.83. The zero-order valence-corrected chi connectivity index (χ0v) is 13.0. The van der Waals surface area contributed by atoms with Crippen molar-refractivity contribution >= 4 is 17.3 Å². The fraction of sp³-hybridized carbons (Fsp3) is 0.333. The van der Waals surface area contributed by atoms with Crippen LogP contribution in [0.5, 0.6) is 5.75 Å². The molecule has 0 bridgehead atoms. The Morgan fingerprint density at radius 3 is 2.95 bits per heavy atom. The van der Waals surface area contributed by atoms with Crippen LogP contribution in [-0.2, 0) is 6.42 Å². The van der Waals surface area contributed by atoms with Crippen LogP contribution in [0.4, 0.5) is 5.69 Å². The SMILES string of the molecule is CCCOc1ccc(Cl)cc1NC1CCc2ccccc21. The molecule has 1 aliphatic rings. The van der Waals surface area contributed by atoms with E-state index < -0.39 is 0 Å². The second kappa shape index (κ2) is 6.40. The highest BCUT2D eigenvalue weighted by atomic mass is 35.5. The van der Waals surface area contributed by atoms with Gasteiger partial charge < -0.3 is 10.1 Å². The molecule has 0 aliphatic heterocycles. The Kier molecular flexibility index (Phi) is 4.35. The lowest BCUT2D eigenvalue weighted by molar-refractivity contribution is 0.318. The molecule has 2 aromatic rings. The van der Waals surface area contributed by atoms with Crippen molar-refractivity contribution in [1.29, 1.82) is 0 Å². The van der Waals surface area contributed by atoms with Crippen molar-refractivity contribution in [2.75, 3.05) is 11.9 Å². The van der Waals surface area contributed by atoms with E-state index in [1.807, 2.05) is 18.2 Å². The number of rotatable bonds is 5. The summed E-state index contributed by atoms with van der Waals surface area (Å²) in [5.74, 6) is 0.880. The van der Waals surface area contributed by atoms with Gasteiger partial charge in [0.1, 0.15) is 5.75 Å². The molecule has 0 fully saturated rings. The quantitative estimate of drug-likeness (QED) is 0.816. The average molecular weight is 302 g/mol. The molecule has 0 aromatic heterocycles. The monoisotopic (exact) mass is 301 g/mol. The van der Waals surface area contributed by atoms with E-state index in [2.05, 4.69) is 36.5 Å². The van der Waals surface area contributed by atoms with E-state index in [4.69, 9.17) is 16.3 Å². The molecule has 2 nitrogen and oxygen atoms in total. The summed E-state index contributed by atoms with van der Waals surface area (Å²) in [4.78, 5) is 0. The Labute approximate surface area is 131 Å². The Bertz CT molecular complexity index is 626. The molecule has 1 aliphatic carbocycles. The van der Waals surface area contributed by atoms with Gasteiger partial charge in [0.25, 0.3) is 0 Å². The zero-order chi connectivity index (χ0) is 14.7. The van der Waals surface area contributed by atoms with Crippen molar-refractivity contribution < 1.29 is 4.74 Å². The zero-order valence-electron chi connectivity index (χ0n) is 12.2. The predicted molar refractivity (Wildman–Crippen MR) is 88.4 cm³/mol. The highest BCUT2D eigenvalue weighted by Crippen LogP contribution is 2.37. The van der Waals surface area contributed by atoms with E-state index in [1.54, 1.807) is 0 Å². The fourth-order valence-corrected chi connectivity index (χ4v) is 3.02. The lowest BCUT2D eigenvalue weighted by Crippen LogP contribution is -2.09. The Morgan fingerprint density at radius 1 is 1.24 bits per heavy atom. The van der Waals surface area contributed by atoms with Gasteiger partial charge in [0.05, 0.1) is 18.3 Å². The largest absolute Gasteiger partial charge is 0.491 e. The number of benzene rings is 2. The number of ether oxygens (including phenoxy) is 1. The molecule has 0 amide bonds. The molecule has 1 N–H and O–H groups in total. The average Bonchev–Trinajstić information content (AvgIpc) is 2.90. The summed E-state index contributed by atoms with van der Waals surface area (Å²) in [6.07, 6.45) is 3.23. The Hall–Kier alpha value is -1.67. The van der Waals surface area contributed by atoms with Crippen LogP contribution in [0.1, 0.15) is 36.9 Å². The highest BCUT2D eigenvalue weighted by molar-refractivity contribution is 6.30. The molecular formula is C18H20ClNO. The molecule has 1 atom stereocenters. The minimum atomic E-state index is 0.337. The van der Waals surface area contributed by atoms with Gasteiger partial charge in [-0.15, -0.1) is 0 Å². The molecule has 0 saturated carbocycles. The lowest BCUT2D eigenvalue weighted by Gasteiger charge is -2.19. The Morgan fingerprint density at radius 2 is 2.10 bits per heavy atom. The van der Waals surface area contributed by atoms with Gasteiger partial charge in [0.2, 0.25) is 0 Å². The maximum Gasteiger partial charge on any atom is 0.142 e. The number of hydrogen-bond acceptors (Lipinski definition) is 2. The van der Waals surface area contributed by atoms with Gasteiger partial charge in [-0.1, -0.05) is 42.8 Å². The van der Waals surface area contributed by atoms with E-state index in [-0.39, 0.29) is 0 Å². The molecule has 0 spiro atoms. The second-order valence-electron chi connectivity index (χ2n) is 5.42. The molecule has 1 unspecified atom stereocenters. The van der Waals surface area contributed by atoms with E-state index in [1.165, 1.54) is 11.1 Å². The van der Waals surface area contributed by atoms with Gasteiger partial charge >= 0.3 is 0 Å². The number of aryl methyl sites for hydroxylation is 1. The van der Waals surface area contributed by atoms with Crippen molar-refractivity contribution in [3.8, 4) is 5.75 Å². The third kappa shape index (κ3) is 3.16. The fourth-order valence-electron chi connectivity index (χ4n) is 2.85. The first kappa shape index (κ1) is 14.3. The predicted octanol–water partition coefficient (Wildman–Crippen LogP) is 5.23. The van der Waals surface area contributed by atoms with Crippen LogP contribution >= 0.6 is 11.6 Å². The van der Waals surface area contributed by atoms with Crippen molar-refractivity contribution in [2.24, 2.45) is 0 Å². The maximum atomic E-state index is 6.14. The van der Waals surface area contributed by atoms with E-state index in [0.717, 1.165) is 42.3 Å². The van der Waals surface area contributed by atoms with Crippen molar-refractivity contribution in [2.45, 2.75) is 32.2 Å². The number of halogens is 1. The highest BCUT2D eigenvalue weighted by Gasteiger charge is 2.22. The molecule has 0 heterocycles. The van der Waals surface area contributed by atoms with Crippen LogP contribution in [0.2, 0.25) is 5.02 Å². The minimum Gasteiger partial charge on any atom is -0.491 e. The first-order valence-electron chi connectivity index (χ1n) is 7.54. The third-order valence-corrected chi connectivity index (χ3v) is 4.10. The van der Waals surface area contributed by atoms with Gasteiger partial charge in [-0.3, -0.25) is 0 Å². The van der Waals surface area contributed by atoms with E-state index in [9.17, 15) is 0 Å². The summed E-state index contributed by atoms with van der Waals surface area (Å²) < 4.78 is 5.82. The van der Waals surface area contributed by atoms with Crippen LogP contribution in [0.25, 0.3) is 0 Å². The van der Waals surface area contributed by atoms with Crippen molar-refractivity contribution in [3.05, 3.63) is 58.6 Å². The van der Waals surface area contributed by atoms with Crippen LogP contribution < -0.4 is 10.1 Å². The molecule has 3 rings (SSSR count). The smallest absolute Gasteiger partial charge is 0.142 e. The van der Waals surface area contributed by atoms with Gasteiger partial charge in [-0.05, 0) is 48.6 Å². The van der Waals surface area contributed by atoms with Crippen molar-refractivity contribution in [3.63, 3.8) is 0 Å². The number of fused-ring (bicyclic) bond motifs is 1. The topological polar surface area (TPSA) is 21.3 Å². The van der Waals surface area contributed by atoms with E-state index >= 15 is 0 Å². The molecule has 0 radical (unpaired) electrons. The Balaban J connectivity index is 1.83. The molecule has 2 aromatic carbocycles. The molecule has 0 saturated heterocycles. The first-order valence-corrected chi connectivity index (χ1v) is 7.92. The molecule has 3 heteroatoms. The molecular weight excluding hydrogens is 282 g/mol. The van der Waals surface area contributed by atoms with Gasteiger partial charge in [0, 0.05) is 5.02 Å². The number of anilines is 1. The summed E-state index contributed by atoms with van der Waals surface area (Å²) >= 11 is 6.14. The lowest BCUT2D eigenvalue weighted by atomic mass is 10.1. The second-order valence-corrected chi connectivity index (χ2v) is 5.86. The molecule has 21 heavy (non-hydrogen) atoms. The standard InChI is InChI=1S/C18H20ClNO/c1-2-11-21-18-10-8-14(19)12-17(18)20-16-9-7-13-5-3-4-6-15(13)16/h3-6,8,10,12,16,20H,2,7,9,11H2,1H3. The maximum absolute atomic E-state index is 6.14. The molecule has 110 valence electrons. The van der Waals surface area contributed by atoms with Gasteiger partial charge in [-0.25, -0.2) is 0 Å². The van der Waals surface area contributed by atoms with Gasteiger partial charge in [0.15, 0.2) is 0 Å². The first-order chi connectivity index (χ1) is 10.3. The number of nitrogens with one attached hydrogen (secondary N) is 1. The third-order valence-electron chi connectivity index (χ3n) is 3.87. The van der Waals surface area contributed by atoms with Gasteiger partial charge in [-0.2, -0.15) is 0 Å². The van der Waals surface area contributed by atoms with Crippen LogP contribution in [0.3, 0.4) is 0 Å².